The Morgan fingerprint density at radius 2 is 1.90 bits per heavy atom. The Bertz CT molecular complexity index is 1010. The molecule has 1 heterocycles. The fourth-order valence-electron chi connectivity index (χ4n) is 3.11. The lowest BCUT2D eigenvalue weighted by Crippen LogP contribution is -2.25. The van der Waals surface area contributed by atoms with Crippen LogP contribution in [0.15, 0.2) is 53.4 Å². The molecule has 1 aliphatic rings. The van der Waals surface area contributed by atoms with Crippen molar-refractivity contribution in [2.75, 3.05) is 24.6 Å². The van der Waals surface area contributed by atoms with Crippen LogP contribution in [0.2, 0.25) is 0 Å². The molecule has 1 atom stereocenters. The van der Waals surface area contributed by atoms with Gasteiger partial charge >= 0.3 is 16.1 Å². The summed E-state index contributed by atoms with van der Waals surface area (Å²) in [6.07, 6.45) is -0.191. The largest absolute Gasteiger partial charge is 0.462 e. The van der Waals surface area contributed by atoms with Gasteiger partial charge in [0, 0.05) is 24.8 Å². The number of hydrogen-bond acceptors (Lipinski definition) is 8. The van der Waals surface area contributed by atoms with Crippen molar-refractivity contribution in [2.45, 2.75) is 24.3 Å². The summed E-state index contributed by atoms with van der Waals surface area (Å²) in [7, 11) is -4.28. The Kier molecular flexibility index (Phi) is 6.14. The summed E-state index contributed by atoms with van der Waals surface area (Å²) in [4.78, 5) is 23.6. The summed E-state index contributed by atoms with van der Waals surface area (Å²) in [5, 5.41) is 11.1. The molecule has 1 saturated heterocycles. The van der Waals surface area contributed by atoms with E-state index >= 15 is 0 Å². The molecule has 0 N–H and O–H groups in total. The van der Waals surface area contributed by atoms with Crippen molar-refractivity contribution >= 4 is 27.5 Å². The minimum atomic E-state index is -4.28. The zero-order chi connectivity index (χ0) is 21.0. The normalized spacial score (nSPS) is 16.6. The van der Waals surface area contributed by atoms with Crippen molar-refractivity contribution in [2.24, 2.45) is 0 Å². The number of nitrogens with zero attached hydrogens (tertiary/aromatic N) is 2. The molecule has 0 saturated carbocycles. The number of para-hydroxylation sites is 1. The monoisotopic (exact) mass is 420 g/mol. The number of anilines is 1. The number of nitro benzene ring substituents is 1. The number of benzene rings is 2. The van der Waals surface area contributed by atoms with Crippen LogP contribution in [0.5, 0.6) is 0 Å². The summed E-state index contributed by atoms with van der Waals surface area (Å²) >= 11 is 0. The van der Waals surface area contributed by atoms with Gasteiger partial charge in [0.05, 0.1) is 23.2 Å². The van der Waals surface area contributed by atoms with Gasteiger partial charge in [-0.3, -0.25) is 14.3 Å². The lowest BCUT2D eigenvalue weighted by Gasteiger charge is -2.19. The molecule has 29 heavy (non-hydrogen) atoms. The lowest BCUT2D eigenvalue weighted by molar-refractivity contribution is -0.387. The first kappa shape index (κ1) is 20.7. The molecule has 2 aromatic carbocycles. The van der Waals surface area contributed by atoms with E-state index in [1.54, 1.807) is 31.2 Å². The molecule has 9 nitrogen and oxygen atoms in total. The highest BCUT2D eigenvalue weighted by Gasteiger charge is 2.32. The maximum atomic E-state index is 12.5. The number of carbonyl (C=O) groups is 1. The predicted molar refractivity (Wildman–Crippen MR) is 104 cm³/mol. The van der Waals surface area contributed by atoms with Crippen LogP contribution in [0.4, 0.5) is 11.4 Å². The minimum Gasteiger partial charge on any atom is -0.462 e. The zero-order valence-electron chi connectivity index (χ0n) is 15.7. The molecule has 154 valence electrons. The van der Waals surface area contributed by atoms with E-state index in [4.69, 9.17) is 8.92 Å². The second kappa shape index (κ2) is 8.58. The van der Waals surface area contributed by atoms with E-state index in [0.717, 1.165) is 17.8 Å². The van der Waals surface area contributed by atoms with Gasteiger partial charge in [0.2, 0.25) is 0 Å². The third kappa shape index (κ3) is 4.72. The molecule has 1 aliphatic heterocycles. The molecule has 2 aromatic rings. The van der Waals surface area contributed by atoms with E-state index in [1.165, 1.54) is 12.1 Å². The quantitative estimate of drug-likeness (QED) is 0.291. The molecular formula is C19H20N2O7S. The van der Waals surface area contributed by atoms with Crippen LogP contribution in [0.25, 0.3) is 0 Å². The highest BCUT2D eigenvalue weighted by molar-refractivity contribution is 7.87. The zero-order valence-corrected chi connectivity index (χ0v) is 16.5. The summed E-state index contributed by atoms with van der Waals surface area (Å²) in [5.41, 5.74) is 0.728. The lowest BCUT2D eigenvalue weighted by atomic mass is 10.2. The Morgan fingerprint density at radius 3 is 2.55 bits per heavy atom. The SMILES string of the molecule is CCOC(=O)c1ccc(N2CC[C@@H](OS(=O)(=O)c3ccccc3[N+](=O)[O-])C2)cc1. The van der Waals surface area contributed by atoms with Gasteiger partial charge in [0.25, 0.3) is 5.69 Å². The third-order valence-electron chi connectivity index (χ3n) is 4.48. The van der Waals surface area contributed by atoms with Crippen molar-refractivity contribution < 1.29 is 27.1 Å². The van der Waals surface area contributed by atoms with Gasteiger partial charge in [-0.25, -0.2) is 4.79 Å². The molecule has 0 radical (unpaired) electrons. The summed E-state index contributed by atoms with van der Waals surface area (Å²) in [6.45, 7) is 2.88. The first-order valence-corrected chi connectivity index (χ1v) is 10.4. The van der Waals surface area contributed by atoms with Gasteiger partial charge in [0.1, 0.15) is 0 Å². The third-order valence-corrected chi connectivity index (χ3v) is 5.89. The number of hydrogen-bond donors (Lipinski definition) is 0. The summed E-state index contributed by atoms with van der Waals surface area (Å²) in [5.74, 6) is -0.405. The van der Waals surface area contributed by atoms with Gasteiger partial charge in [-0.2, -0.15) is 8.42 Å². The number of esters is 1. The Balaban J connectivity index is 1.68. The molecule has 3 rings (SSSR count). The molecule has 0 bridgehead atoms. The smallest absolute Gasteiger partial charge is 0.338 e. The topological polar surface area (TPSA) is 116 Å². The van der Waals surface area contributed by atoms with Crippen LogP contribution in [-0.4, -0.2) is 45.1 Å². The highest BCUT2D eigenvalue weighted by atomic mass is 32.2. The molecule has 0 unspecified atom stereocenters. The van der Waals surface area contributed by atoms with Gasteiger partial charge in [0.15, 0.2) is 4.90 Å². The van der Waals surface area contributed by atoms with Crippen LogP contribution < -0.4 is 4.90 Å². The van der Waals surface area contributed by atoms with Crippen LogP contribution in [0.3, 0.4) is 0 Å². The number of carbonyl (C=O) groups excluding carboxylic acids is 1. The average molecular weight is 420 g/mol. The molecule has 1 fully saturated rings. The van der Waals surface area contributed by atoms with Gasteiger partial charge < -0.3 is 9.64 Å². The van der Waals surface area contributed by atoms with Crippen LogP contribution in [0, 0.1) is 10.1 Å². The Morgan fingerprint density at radius 1 is 1.21 bits per heavy atom. The summed E-state index contributed by atoms with van der Waals surface area (Å²) < 4.78 is 35.3. The van der Waals surface area contributed by atoms with E-state index in [-0.39, 0.29) is 0 Å². The molecule has 0 aromatic heterocycles. The predicted octanol–water partition coefficient (Wildman–Crippen LogP) is 2.76. The van der Waals surface area contributed by atoms with Crippen molar-refractivity contribution in [3.63, 3.8) is 0 Å². The van der Waals surface area contributed by atoms with Gasteiger partial charge in [-0.15, -0.1) is 0 Å². The van der Waals surface area contributed by atoms with Gasteiger partial charge in [-0.1, -0.05) is 12.1 Å². The van der Waals surface area contributed by atoms with Crippen LogP contribution in [-0.2, 0) is 19.0 Å². The van der Waals surface area contributed by atoms with Gasteiger partial charge in [-0.05, 0) is 43.7 Å². The second-order valence-electron chi connectivity index (χ2n) is 6.40. The first-order chi connectivity index (χ1) is 13.8. The van der Waals surface area contributed by atoms with Crippen molar-refractivity contribution in [1.29, 1.82) is 0 Å². The van der Waals surface area contributed by atoms with E-state index in [2.05, 4.69) is 0 Å². The van der Waals surface area contributed by atoms with Crippen molar-refractivity contribution in [1.82, 2.24) is 0 Å². The Labute approximate surface area is 168 Å². The summed E-state index contributed by atoms with van der Waals surface area (Å²) in [6, 6.07) is 11.9. The molecular weight excluding hydrogens is 400 g/mol. The maximum absolute atomic E-state index is 12.5. The molecule has 0 amide bonds. The second-order valence-corrected chi connectivity index (χ2v) is 7.94. The molecule has 0 spiro atoms. The van der Waals surface area contributed by atoms with Crippen molar-refractivity contribution in [3.8, 4) is 0 Å². The standard InChI is InChI=1S/C19H20N2O7S/c1-2-27-19(22)14-7-9-15(10-8-14)20-12-11-16(13-20)28-29(25,26)18-6-4-3-5-17(18)21(23)24/h3-10,16H,2,11-13H2,1H3/t16-/m1/s1. The number of nitro groups is 1. The Hall–Kier alpha value is -2.98. The first-order valence-electron chi connectivity index (χ1n) is 9.00. The van der Waals surface area contributed by atoms with Crippen LogP contribution in [0.1, 0.15) is 23.7 Å². The fourth-order valence-corrected chi connectivity index (χ4v) is 4.38. The van der Waals surface area contributed by atoms with E-state index < -0.39 is 37.7 Å². The number of rotatable bonds is 7. The minimum absolute atomic E-state index is 0.291. The van der Waals surface area contributed by atoms with E-state index in [9.17, 15) is 23.3 Å². The maximum Gasteiger partial charge on any atom is 0.338 e. The molecule has 0 aliphatic carbocycles. The number of ether oxygens (including phenoxy) is 1. The van der Waals surface area contributed by atoms with E-state index in [1.807, 2.05) is 4.90 Å². The average Bonchev–Trinajstić information content (AvgIpc) is 3.16. The molecule has 10 heteroatoms. The fraction of sp³-hybridized carbons (Fsp3) is 0.316. The van der Waals surface area contributed by atoms with Crippen LogP contribution >= 0.6 is 0 Å². The van der Waals surface area contributed by atoms with E-state index in [0.29, 0.717) is 31.7 Å². The highest BCUT2D eigenvalue weighted by Crippen LogP contribution is 2.29. The van der Waals surface area contributed by atoms with Crippen molar-refractivity contribution in [3.05, 3.63) is 64.2 Å².